The minimum absolute atomic E-state index is 0.00183. The standard InChI is InChI=1S/C15H21NO5/c1-10(16-14(17)5-4-6-15(18)19)11-7-8-12(20-2)13(9-11)21-3/h7-10H,4-6H2,1-3H3,(H,16,17)(H,18,19)/t10-/m1/s1. The van der Waals surface area contributed by atoms with E-state index in [-0.39, 0.29) is 24.8 Å². The van der Waals surface area contributed by atoms with Gasteiger partial charge in [-0.2, -0.15) is 0 Å². The molecule has 0 bridgehead atoms. The van der Waals surface area contributed by atoms with Gasteiger partial charge in [0.25, 0.3) is 0 Å². The fourth-order valence-corrected chi connectivity index (χ4v) is 1.92. The molecule has 0 spiro atoms. The molecule has 6 nitrogen and oxygen atoms in total. The highest BCUT2D eigenvalue weighted by Crippen LogP contribution is 2.29. The molecule has 1 amide bonds. The van der Waals surface area contributed by atoms with Gasteiger partial charge in [0.2, 0.25) is 5.91 Å². The van der Waals surface area contributed by atoms with Gasteiger partial charge in [-0.1, -0.05) is 6.07 Å². The summed E-state index contributed by atoms with van der Waals surface area (Å²) in [6, 6.07) is 5.24. The number of amides is 1. The van der Waals surface area contributed by atoms with Gasteiger partial charge in [-0.3, -0.25) is 9.59 Å². The molecule has 0 fully saturated rings. The summed E-state index contributed by atoms with van der Waals surface area (Å²) in [4.78, 5) is 22.1. The molecular formula is C15H21NO5. The summed E-state index contributed by atoms with van der Waals surface area (Å²) in [5, 5.41) is 11.4. The lowest BCUT2D eigenvalue weighted by atomic mass is 10.1. The Morgan fingerprint density at radius 3 is 2.43 bits per heavy atom. The first-order chi connectivity index (χ1) is 9.97. The minimum atomic E-state index is -0.893. The van der Waals surface area contributed by atoms with E-state index < -0.39 is 5.97 Å². The summed E-state index contributed by atoms with van der Waals surface area (Å²) >= 11 is 0. The van der Waals surface area contributed by atoms with Crippen molar-refractivity contribution in [2.45, 2.75) is 32.2 Å². The van der Waals surface area contributed by atoms with Crippen LogP contribution in [0.2, 0.25) is 0 Å². The van der Waals surface area contributed by atoms with Crippen LogP contribution in [0.5, 0.6) is 11.5 Å². The molecule has 0 unspecified atom stereocenters. The molecule has 0 aliphatic heterocycles. The normalized spacial score (nSPS) is 11.6. The monoisotopic (exact) mass is 295 g/mol. The first-order valence-corrected chi connectivity index (χ1v) is 6.71. The third-order valence-corrected chi connectivity index (χ3v) is 3.08. The van der Waals surface area contributed by atoms with Gasteiger partial charge < -0.3 is 19.9 Å². The van der Waals surface area contributed by atoms with Crippen LogP contribution < -0.4 is 14.8 Å². The molecule has 0 radical (unpaired) electrons. The summed E-state index contributed by atoms with van der Waals surface area (Å²) in [6.45, 7) is 1.86. The fraction of sp³-hybridized carbons (Fsp3) is 0.467. The average Bonchev–Trinajstić information content (AvgIpc) is 2.45. The summed E-state index contributed by atoms with van der Waals surface area (Å²) in [7, 11) is 3.11. The number of methoxy groups -OCH3 is 2. The van der Waals surface area contributed by atoms with Crippen molar-refractivity contribution in [3.63, 3.8) is 0 Å². The molecular weight excluding hydrogens is 274 g/mol. The second-order valence-electron chi connectivity index (χ2n) is 4.65. The Kier molecular flexibility index (Phi) is 6.52. The number of carbonyl (C=O) groups is 2. The Morgan fingerprint density at radius 1 is 1.19 bits per heavy atom. The van der Waals surface area contributed by atoms with Gasteiger partial charge in [-0.25, -0.2) is 0 Å². The summed E-state index contributed by atoms with van der Waals surface area (Å²) < 4.78 is 10.4. The lowest BCUT2D eigenvalue weighted by molar-refractivity contribution is -0.137. The largest absolute Gasteiger partial charge is 0.493 e. The minimum Gasteiger partial charge on any atom is -0.493 e. The summed E-state index contributed by atoms with van der Waals surface area (Å²) in [5.74, 6) is 0.164. The van der Waals surface area contributed by atoms with Crippen LogP contribution in [0.3, 0.4) is 0 Å². The molecule has 1 aromatic carbocycles. The van der Waals surface area contributed by atoms with Gasteiger partial charge in [0, 0.05) is 12.8 Å². The fourth-order valence-electron chi connectivity index (χ4n) is 1.92. The van der Waals surface area contributed by atoms with E-state index in [0.29, 0.717) is 17.9 Å². The molecule has 21 heavy (non-hydrogen) atoms. The lowest BCUT2D eigenvalue weighted by Gasteiger charge is -2.16. The first-order valence-electron chi connectivity index (χ1n) is 6.71. The SMILES string of the molecule is COc1ccc([C@@H](C)NC(=O)CCCC(=O)O)cc1OC. The zero-order valence-corrected chi connectivity index (χ0v) is 12.5. The van der Waals surface area contributed by atoms with Crippen molar-refractivity contribution in [3.8, 4) is 11.5 Å². The molecule has 116 valence electrons. The Morgan fingerprint density at radius 2 is 1.86 bits per heavy atom. The van der Waals surface area contributed by atoms with Crippen LogP contribution in [0.1, 0.15) is 37.8 Å². The van der Waals surface area contributed by atoms with E-state index in [2.05, 4.69) is 5.32 Å². The van der Waals surface area contributed by atoms with Gasteiger partial charge >= 0.3 is 5.97 Å². The zero-order valence-electron chi connectivity index (χ0n) is 12.5. The van der Waals surface area contributed by atoms with Crippen molar-refractivity contribution in [2.75, 3.05) is 14.2 Å². The van der Waals surface area contributed by atoms with Crippen molar-refractivity contribution in [1.29, 1.82) is 0 Å². The Labute approximate surface area is 124 Å². The number of hydrogen-bond donors (Lipinski definition) is 2. The number of carbonyl (C=O) groups excluding carboxylic acids is 1. The van der Waals surface area contributed by atoms with Crippen molar-refractivity contribution in [1.82, 2.24) is 5.32 Å². The summed E-state index contributed by atoms with van der Waals surface area (Å²) in [6.07, 6.45) is 0.530. The molecule has 1 rings (SSSR count). The highest BCUT2D eigenvalue weighted by atomic mass is 16.5. The molecule has 0 saturated carbocycles. The maximum atomic E-state index is 11.7. The van der Waals surface area contributed by atoms with Gasteiger partial charge in [0.15, 0.2) is 11.5 Å². The Bertz CT molecular complexity index is 501. The van der Waals surface area contributed by atoms with Crippen LogP contribution in [0, 0.1) is 0 Å². The van der Waals surface area contributed by atoms with Gasteiger partial charge in [0.05, 0.1) is 20.3 Å². The second-order valence-corrected chi connectivity index (χ2v) is 4.65. The van der Waals surface area contributed by atoms with Crippen molar-refractivity contribution >= 4 is 11.9 Å². The number of carboxylic acid groups (broad SMARTS) is 1. The number of ether oxygens (including phenoxy) is 2. The first kappa shape index (κ1) is 16.8. The number of hydrogen-bond acceptors (Lipinski definition) is 4. The molecule has 6 heteroatoms. The average molecular weight is 295 g/mol. The van der Waals surface area contributed by atoms with Gasteiger partial charge in [-0.05, 0) is 31.0 Å². The predicted octanol–water partition coefficient (Wildman–Crippen LogP) is 2.14. The maximum absolute atomic E-state index is 11.7. The predicted molar refractivity (Wildman–Crippen MR) is 77.6 cm³/mol. The topological polar surface area (TPSA) is 84.9 Å². The van der Waals surface area contributed by atoms with Crippen molar-refractivity contribution in [2.24, 2.45) is 0 Å². The third kappa shape index (κ3) is 5.33. The smallest absolute Gasteiger partial charge is 0.303 e. The number of carboxylic acids is 1. The van der Waals surface area contributed by atoms with E-state index in [9.17, 15) is 9.59 Å². The lowest BCUT2D eigenvalue weighted by Crippen LogP contribution is -2.26. The van der Waals surface area contributed by atoms with Crippen LogP contribution >= 0.6 is 0 Å². The Balaban J connectivity index is 2.60. The molecule has 0 aliphatic carbocycles. The van der Waals surface area contributed by atoms with E-state index in [1.165, 1.54) is 0 Å². The molecule has 0 aromatic heterocycles. The number of benzene rings is 1. The van der Waals surface area contributed by atoms with Crippen molar-refractivity contribution in [3.05, 3.63) is 23.8 Å². The zero-order chi connectivity index (χ0) is 15.8. The van der Waals surface area contributed by atoms with Gasteiger partial charge in [-0.15, -0.1) is 0 Å². The third-order valence-electron chi connectivity index (χ3n) is 3.08. The highest BCUT2D eigenvalue weighted by molar-refractivity contribution is 5.77. The van der Waals surface area contributed by atoms with Crippen LogP contribution in [0.4, 0.5) is 0 Å². The van der Waals surface area contributed by atoms with E-state index in [0.717, 1.165) is 5.56 Å². The van der Waals surface area contributed by atoms with Crippen LogP contribution in [-0.4, -0.2) is 31.2 Å². The van der Waals surface area contributed by atoms with Crippen LogP contribution in [-0.2, 0) is 9.59 Å². The Hall–Kier alpha value is -2.24. The van der Waals surface area contributed by atoms with Crippen molar-refractivity contribution < 1.29 is 24.2 Å². The van der Waals surface area contributed by atoms with Crippen LogP contribution in [0.15, 0.2) is 18.2 Å². The van der Waals surface area contributed by atoms with E-state index >= 15 is 0 Å². The number of nitrogens with one attached hydrogen (secondary N) is 1. The quantitative estimate of drug-likeness (QED) is 0.767. The van der Waals surface area contributed by atoms with Gasteiger partial charge in [0.1, 0.15) is 0 Å². The molecule has 0 aliphatic rings. The molecule has 2 N–H and O–H groups in total. The molecule has 0 saturated heterocycles. The van der Waals surface area contributed by atoms with E-state index in [1.807, 2.05) is 13.0 Å². The number of aliphatic carboxylic acids is 1. The molecule has 1 aromatic rings. The van der Waals surface area contributed by atoms with E-state index in [4.69, 9.17) is 14.6 Å². The second kappa shape index (κ2) is 8.14. The summed E-state index contributed by atoms with van der Waals surface area (Å²) in [5.41, 5.74) is 0.888. The van der Waals surface area contributed by atoms with Crippen LogP contribution in [0.25, 0.3) is 0 Å². The molecule has 0 heterocycles. The maximum Gasteiger partial charge on any atom is 0.303 e. The van der Waals surface area contributed by atoms with E-state index in [1.54, 1.807) is 26.4 Å². The highest BCUT2D eigenvalue weighted by Gasteiger charge is 2.13. The molecule has 1 atom stereocenters. The number of rotatable bonds is 8.